The molecule has 20 heavy (non-hydrogen) atoms. The molecule has 1 fully saturated rings. The molecular weight excluding hydrogens is 295 g/mol. The van der Waals surface area contributed by atoms with Crippen molar-refractivity contribution in [3.05, 3.63) is 33.8 Å². The first-order valence-corrected chi connectivity index (χ1v) is 7.79. The van der Waals surface area contributed by atoms with E-state index in [2.05, 4.69) is 4.90 Å². The lowest BCUT2D eigenvalue weighted by Gasteiger charge is -2.38. The lowest BCUT2D eigenvalue weighted by Crippen LogP contribution is -2.42. The Labute approximate surface area is 131 Å². The molecule has 0 aliphatic carbocycles. The van der Waals surface area contributed by atoms with E-state index in [1.54, 1.807) is 7.11 Å². The Kier molecular flexibility index (Phi) is 6.12. The van der Waals surface area contributed by atoms with Gasteiger partial charge >= 0.3 is 0 Å². The van der Waals surface area contributed by atoms with Crippen LogP contribution in [0, 0.1) is 5.92 Å². The number of nitrogens with two attached hydrogens (primary N) is 1. The Hall–Kier alpha value is -0.320. The van der Waals surface area contributed by atoms with Crippen molar-refractivity contribution < 1.29 is 4.74 Å². The van der Waals surface area contributed by atoms with Crippen molar-refractivity contribution in [2.45, 2.75) is 18.9 Å². The van der Waals surface area contributed by atoms with Crippen LogP contribution < -0.4 is 5.73 Å². The first kappa shape index (κ1) is 16.1. The van der Waals surface area contributed by atoms with Crippen LogP contribution in [0.5, 0.6) is 0 Å². The van der Waals surface area contributed by atoms with E-state index in [1.807, 2.05) is 18.2 Å². The number of ether oxygens (including phenoxy) is 1. The van der Waals surface area contributed by atoms with Gasteiger partial charge in [-0.3, -0.25) is 4.90 Å². The lowest BCUT2D eigenvalue weighted by atomic mass is 9.95. The molecule has 0 amide bonds. The summed E-state index contributed by atoms with van der Waals surface area (Å²) in [5.74, 6) is 0.570. The Balaban J connectivity index is 2.16. The average Bonchev–Trinajstić information content (AvgIpc) is 2.44. The molecule has 112 valence electrons. The quantitative estimate of drug-likeness (QED) is 0.905. The third kappa shape index (κ3) is 3.86. The zero-order chi connectivity index (χ0) is 14.5. The minimum Gasteiger partial charge on any atom is -0.384 e. The van der Waals surface area contributed by atoms with E-state index in [1.165, 1.54) is 12.8 Å². The predicted octanol–water partition coefficient (Wildman–Crippen LogP) is 3.35. The fourth-order valence-corrected chi connectivity index (χ4v) is 3.42. The minimum absolute atomic E-state index is 0.126. The maximum atomic E-state index is 6.32. The number of rotatable bonds is 5. The molecule has 3 nitrogen and oxygen atoms in total. The van der Waals surface area contributed by atoms with E-state index in [0.717, 1.165) is 30.3 Å². The molecule has 1 aliphatic heterocycles. The molecule has 2 N–H and O–H groups in total. The maximum Gasteiger partial charge on any atom is 0.0502 e. The summed E-state index contributed by atoms with van der Waals surface area (Å²) in [7, 11) is 1.76. The van der Waals surface area contributed by atoms with Gasteiger partial charge in [0.2, 0.25) is 0 Å². The molecule has 2 rings (SSSR count). The number of halogens is 2. The Morgan fingerprint density at radius 3 is 2.95 bits per heavy atom. The molecule has 1 aromatic carbocycles. The van der Waals surface area contributed by atoms with Gasteiger partial charge in [0.05, 0.1) is 6.61 Å². The van der Waals surface area contributed by atoms with Crippen LogP contribution in [0.25, 0.3) is 0 Å². The molecule has 2 atom stereocenters. The van der Waals surface area contributed by atoms with Gasteiger partial charge in [-0.1, -0.05) is 23.2 Å². The standard InChI is InChI=1S/C15H22Cl2N2O/c1-20-10-11-3-2-6-19(9-11)15(8-18)13-7-12(16)4-5-14(13)17/h4-5,7,11,15H,2-3,6,8-10,18H2,1H3. The zero-order valence-corrected chi connectivity index (χ0v) is 13.3. The first-order chi connectivity index (χ1) is 9.65. The van der Waals surface area contributed by atoms with Gasteiger partial charge in [0.15, 0.2) is 0 Å². The summed E-state index contributed by atoms with van der Waals surface area (Å²) in [6.45, 7) is 3.39. The van der Waals surface area contributed by atoms with Crippen LogP contribution in [-0.4, -0.2) is 38.3 Å². The summed E-state index contributed by atoms with van der Waals surface area (Å²) in [6, 6.07) is 5.71. The van der Waals surface area contributed by atoms with Crippen LogP contribution >= 0.6 is 23.2 Å². The highest BCUT2D eigenvalue weighted by atomic mass is 35.5. The molecule has 1 aromatic rings. The van der Waals surface area contributed by atoms with Crippen LogP contribution in [0.1, 0.15) is 24.4 Å². The number of likely N-dealkylation sites (tertiary alicyclic amines) is 1. The summed E-state index contributed by atoms with van der Waals surface area (Å²) in [5, 5.41) is 1.44. The molecule has 1 aliphatic rings. The van der Waals surface area contributed by atoms with Gasteiger partial charge in [-0.2, -0.15) is 0 Å². The zero-order valence-electron chi connectivity index (χ0n) is 11.8. The summed E-state index contributed by atoms with van der Waals surface area (Å²) in [5.41, 5.74) is 7.03. The van der Waals surface area contributed by atoms with Gasteiger partial charge in [0.1, 0.15) is 0 Å². The maximum absolute atomic E-state index is 6.32. The van der Waals surface area contributed by atoms with E-state index in [4.69, 9.17) is 33.7 Å². The van der Waals surface area contributed by atoms with Crippen molar-refractivity contribution in [1.82, 2.24) is 4.90 Å². The number of hydrogen-bond donors (Lipinski definition) is 1. The number of nitrogens with zero attached hydrogens (tertiary/aromatic N) is 1. The minimum atomic E-state index is 0.126. The van der Waals surface area contributed by atoms with E-state index in [-0.39, 0.29) is 6.04 Å². The van der Waals surface area contributed by atoms with E-state index in [0.29, 0.717) is 17.5 Å². The van der Waals surface area contributed by atoms with Gasteiger partial charge in [0.25, 0.3) is 0 Å². The fourth-order valence-electron chi connectivity index (χ4n) is 2.99. The van der Waals surface area contributed by atoms with Gasteiger partial charge in [-0.15, -0.1) is 0 Å². The lowest BCUT2D eigenvalue weighted by molar-refractivity contribution is 0.0697. The first-order valence-electron chi connectivity index (χ1n) is 7.03. The van der Waals surface area contributed by atoms with Gasteiger partial charge in [-0.25, -0.2) is 0 Å². The summed E-state index contributed by atoms with van der Waals surface area (Å²) in [4.78, 5) is 2.41. The molecule has 1 heterocycles. The monoisotopic (exact) mass is 316 g/mol. The van der Waals surface area contributed by atoms with Crippen LogP contribution in [0.4, 0.5) is 0 Å². The second-order valence-corrected chi connectivity index (χ2v) is 6.22. The Morgan fingerprint density at radius 2 is 2.25 bits per heavy atom. The van der Waals surface area contributed by atoms with Crippen LogP contribution in [-0.2, 0) is 4.74 Å². The van der Waals surface area contributed by atoms with E-state index >= 15 is 0 Å². The van der Waals surface area contributed by atoms with Crippen LogP contribution in [0.15, 0.2) is 18.2 Å². The number of hydrogen-bond acceptors (Lipinski definition) is 3. The molecule has 0 bridgehead atoms. The van der Waals surface area contributed by atoms with Gasteiger partial charge in [-0.05, 0) is 49.1 Å². The van der Waals surface area contributed by atoms with Gasteiger partial charge in [0, 0.05) is 36.3 Å². The predicted molar refractivity (Wildman–Crippen MR) is 84.4 cm³/mol. The smallest absolute Gasteiger partial charge is 0.0502 e. The molecule has 0 aromatic heterocycles. The summed E-state index contributed by atoms with van der Waals surface area (Å²) < 4.78 is 5.29. The molecule has 0 radical (unpaired) electrons. The Morgan fingerprint density at radius 1 is 1.45 bits per heavy atom. The van der Waals surface area contributed by atoms with E-state index < -0.39 is 0 Å². The number of methoxy groups -OCH3 is 1. The fraction of sp³-hybridized carbons (Fsp3) is 0.600. The molecule has 0 spiro atoms. The molecule has 1 saturated heterocycles. The van der Waals surface area contributed by atoms with Crippen molar-refractivity contribution in [3.8, 4) is 0 Å². The normalized spacial score (nSPS) is 21.9. The molecule has 2 unspecified atom stereocenters. The largest absolute Gasteiger partial charge is 0.384 e. The summed E-state index contributed by atoms with van der Waals surface area (Å²) in [6.07, 6.45) is 2.38. The Bertz CT molecular complexity index is 440. The van der Waals surface area contributed by atoms with Crippen molar-refractivity contribution >= 4 is 23.2 Å². The van der Waals surface area contributed by atoms with Crippen LogP contribution in [0.3, 0.4) is 0 Å². The van der Waals surface area contributed by atoms with Crippen molar-refractivity contribution in [2.75, 3.05) is 33.4 Å². The highest BCUT2D eigenvalue weighted by Crippen LogP contribution is 2.32. The van der Waals surface area contributed by atoms with E-state index in [9.17, 15) is 0 Å². The third-order valence-corrected chi connectivity index (χ3v) is 4.51. The average molecular weight is 317 g/mol. The highest BCUT2D eigenvalue weighted by Gasteiger charge is 2.27. The second kappa shape index (κ2) is 7.62. The third-order valence-electron chi connectivity index (χ3n) is 3.93. The number of piperidine rings is 1. The molecule has 5 heteroatoms. The van der Waals surface area contributed by atoms with Crippen molar-refractivity contribution in [3.63, 3.8) is 0 Å². The molecule has 0 saturated carbocycles. The van der Waals surface area contributed by atoms with Gasteiger partial charge < -0.3 is 10.5 Å². The van der Waals surface area contributed by atoms with Crippen molar-refractivity contribution in [1.29, 1.82) is 0 Å². The van der Waals surface area contributed by atoms with Crippen molar-refractivity contribution in [2.24, 2.45) is 11.7 Å². The van der Waals surface area contributed by atoms with Crippen LogP contribution in [0.2, 0.25) is 10.0 Å². The summed E-state index contributed by atoms with van der Waals surface area (Å²) >= 11 is 12.4. The highest BCUT2D eigenvalue weighted by molar-refractivity contribution is 6.33. The number of benzene rings is 1. The second-order valence-electron chi connectivity index (χ2n) is 5.38. The SMILES string of the molecule is COCC1CCCN(C(CN)c2cc(Cl)ccc2Cl)C1. The molecular formula is C15H22Cl2N2O. The topological polar surface area (TPSA) is 38.5 Å².